The van der Waals surface area contributed by atoms with Gasteiger partial charge in [-0.25, -0.2) is 0 Å². The van der Waals surface area contributed by atoms with E-state index in [9.17, 15) is 0 Å². The fourth-order valence-electron chi connectivity index (χ4n) is 9.91. The molecule has 0 spiro atoms. The van der Waals surface area contributed by atoms with Crippen LogP contribution >= 0.6 is 0 Å². The Morgan fingerprint density at radius 2 is 0.912 bits per heavy atom. The number of fused-ring (bicyclic) bond motifs is 9. The van der Waals surface area contributed by atoms with Crippen molar-refractivity contribution in [3.8, 4) is 33.4 Å². The van der Waals surface area contributed by atoms with Crippen molar-refractivity contribution in [2.45, 2.75) is 0 Å². The zero-order valence-electron chi connectivity index (χ0n) is 30.9. The molecule has 0 bridgehead atoms. The van der Waals surface area contributed by atoms with Crippen LogP contribution in [0, 0.1) is 0 Å². The van der Waals surface area contributed by atoms with Gasteiger partial charge in [0.2, 0.25) is 0 Å². The lowest BCUT2D eigenvalue weighted by Crippen LogP contribution is -1.90. The highest BCUT2D eigenvalue weighted by molar-refractivity contribution is 6.28. The summed E-state index contributed by atoms with van der Waals surface area (Å²) >= 11 is 0. The maximum atomic E-state index is 7.01. The van der Waals surface area contributed by atoms with Crippen LogP contribution in [0.1, 0.15) is 0 Å². The van der Waals surface area contributed by atoms with Gasteiger partial charge in [0.15, 0.2) is 0 Å². The van der Waals surface area contributed by atoms with Gasteiger partial charge in [-0.2, -0.15) is 0 Å². The summed E-state index contributed by atoms with van der Waals surface area (Å²) in [5, 5.41) is 19.9. The van der Waals surface area contributed by atoms with E-state index >= 15 is 0 Å². The largest absolute Gasteiger partial charge is 0.456 e. The molecular weight excluding hydrogens is 689 g/mol. The van der Waals surface area contributed by atoms with Crippen molar-refractivity contribution in [2.24, 2.45) is 0 Å². The molecule has 13 aromatic rings. The highest BCUT2D eigenvalue weighted by atomic mass is 16.3. The minimum atomic E-state index is 0.893. The first-order chi connectivity index (χ1) is 28.2. The van der Waals surface area contributed by atoms with Gasteiger partial charge in [-0.1, -0.05) is 158 Å². The molecule has 0 unspecified atom stereocenters. The molecule has 262 valence electrons. The van der Waals surface area contributed by atoms with Crippen LogP contribution in [-0.2, 0) is 0 Å². The summed E-state index contributed by atoms with van der Waals surface area (Å²) in [6.07, 6.45) is 0. The van der Waals surface area contributed by atoms with Crippen LogP contribution in [0.5, 0.6) is 0 Å². The van der Waals surface area contributed by atoms with Crippen molar-refractivity contribution in [1.29, 1.82) is 0 Å². The van der Waals surface area contributed by atoms with Gasteiger partial charge in [0.25, 0.3) is 0 Å². The zero-order valence-corrected chi connectivity index (χ0v) is 30.9. The molecule has 12 aromatic carbocycles. The molecule has 0 fully saturated rings. The van der Waals surface area contributed by atoms with Gasteiger partial charge in [-0.05, 0) is 145 Å². The van der Waals surface area contributed by atoms with Crippen LogP contribution in [0.25, 0.3) is 131 Å². The Morgan fingerprint density at radius 1 is 0.228 bits per heavy atom. The molecule has 0 aliphatic carbocycles. The maximum absolute atomic E-state index is 7.01. The third kappa shape index (κ3) is 4.46. The Morgan fingerprint density at radius 3 is 1.79 bits per heavy atom. The van der Waals surface area contributed by atoms with Gasteiger partial charge in [-0.15, -0.1) is 0 Å². The highest BCUT2D eigenvalue weighted by Gasteiger charge is 2.21. The third-order valence-corrected chi connectivity index (χ3v) is 12.5. The lowest BCUT2D eigenvalue weighted by atomic mass is 9.86. The van der Waals surface area contributed by atoms with E-state index in [1.807, 2.05) is 0 Å². The maximum Gasteiger partial charge on any atom is 0.136 e. The van der Waals surface area contributed by atoms with Gasteiger partial charge in [0.05, 0.1) is 0 Å². The summed E-state index contributed by atoms with van der Waals surface area (Å²) in [6, 6.07) is 71.6. The smallest absolute Gasteiger partial charge is 0.136 e. The average Bonchev–Trinajstić information content (AvgIpc) is 3.63. The molecule has 0 radical (unpaired) electrons. The van der Waals surface area contributed by atoms with Crippen molar-refractivity contribution in [1.82, 2.24) is 0 Å². The van der Waals surface area contributed by atoms with Crippen molar-refractivity contribution >= 4 is 97.3 Å². The molecule has 1 nitrogen and oxygen atoms in total. The molecule has 0 amide bonds. The van der Waals surface area contributed by atoms with Crippen molar-refractivity contribution in [3.63, 3.8) is 0 Å². The Balaban J connectivity index is 1.14. The molecule has 1 aromatic heterocycles. The monoisotopic (exact) mass is 720 g/mol. The molecule has 1 heteroatoms. The first-order valence-electron chi connectivity index (χ1n) is 19.7. The lowest BCUT2D eigenvalue weighted by molar-refractivity contribution is 0.669. The van der Waals surface area contributed by atoms with Crippen LogP contribution in [0.15, 0.2) is 199 Å². The van der Waals surface area contributed by atoms with E-state index in [4.69, 9.17) is 4.42 Å². The predicted octanol–water partition coefficient (Wildman–Crippen LogP) is 16.1. The molecule has 0 saturated carbocycles. The van der Waals surface area contributed by atoms with E-state index in [1.54, 1.807) is 0 Å². The number of rotatable bonds is 3. The molecule has 57 heavy (non-hydrogen) atoms. The molecule has 13 rings (SSSR count). The normalized spacial score (nSPS) is 12.2. The SMILES string of the molecule is c1ccc(-c2ccc3cc4c(cc3c2)oc2cc(-c3cc5ccc6ccccc6c5c5ccccc35)cc(-c3ccc5ccc6cccc7ccc3c5c67)c24)cc1. The average molecular weight is 721 g/mol. The zero-order chi connectivity index (χ0) is 37.2. The molecule has 0 aliphatic heterocycles. The molecule has 0 saturated heterocycles. The minimum absolute atomic E-state index is 0.893. The van der Waals surface area contributed by atoms with Crippen molar-refractivity contribution < 1.29 is 4.42 Å². The number of benzene rings is 12. The third-order valence-electron chi connectivity index (χ3n) is 12.5. The van der Waals surface area contributed by atoms with E-state index in [0.717, 1.165) is 27.5 Å². The van der Waals surface area contributed by atoms with E-state index in [2.05, 4.69) is 194 Å². The summed E-state index contributed by atoms with van der Waals surface area (Å²) in [5.41, 5.74) is 8.94. The van der Waals surface area contributed by atoms with Crippen LogP contribution in [0.4, 0.5) is 0 Å². The van der Waals surface area contributed by atoms with Crippen molar-refractivity contribution in [2.75, 3.05) is 0 Å². The second kappa shape index (κ2) is 11.5. The first-order valence-corrected chi connectivity index (χ1v) is 19.7. The predicted molar refractivity (Wildman–Crippen MR) is 244 cm³/mol. The van der Waals surface area contributed by atoms with Gasteiger partial charge in [-0.3, -0.25) is 0 Å². The number of hydrogen-bond acceptors (Lipinski definition) is 1. The van der Waals surface area contributed by atoms with Crippen LogP contribution in [0.2, 0.25) is 0 Å². The number of hydrogen-bond donors (Lipinski definition) is 0. The Hall–Kier alpha value is -7.48. The summed E-state index contributed by atoms with van der Waals surface area (Å²) < 4.78 is 7.01. The van der Waals surface area contributed by atoms with Gasteiger partial charge in [0.1, 0.15) is 11.2 Å². The minimum Gasteiger partial charge on any atom is -0.456 e. The van der Waals surface area contributed by atoms with Gasteiger partial charge < -0.3 is 4.42 Å². The molecule has 0 atom stereocenters. The summed E-state index contributed by atoms with van der Waals surface area (Å²) in [7, 11) is 0. The Bertz CT molecular complexity index is 3780. The lowest BCUT2D eigenvalue weighted by Gasteiger charge is -2.17. The molecule has 1 heterocycles. The standard InChI is InChI=1S/C56H32O/c1-2-9-33(10-3-1)38-20-21-39-28-50-51(31-41(39)27-38)57-52-32-42(48-29-40-22-17-34-11-4-5-14-43(34)54(40)46-16-7-6-15-44(46)48)30-49(56(50)52)45-25-23-37-19-18-35-12-8-13-36-24-26-47(45)55(37)53(35)36/h1-32H. The fourth-order valence-corrected chi connectivity index (χ4v) is 9.91. The van der Waals surface area contributed by atoms with E-state index < -0.39 is 0 Å². The molecule has 0 N–H and O–H groups in total. The Kier molecular flexibility index (Phi) is 6.23. The molecule has 0 aliphatic rings. The van der Waals surface area contributed by atoms with Crippen LogP contribution < -0.4 is 0 Å². The summed E-state index contributed by atoms with van der Waals surface area (Å²) in [5.74, 6) is 0. The van der Waals surface area contributed by atoms with Gasteiger partial charge in [0, 0.05) is 10.8 Å². The van der Waals surface area contributed by atoms with Gasteiger partial charge >= 0.3 is 0 Å². The van der Waals surface area contributed by atoms with Crippen molar-refractivity contribution in [3.05, 3.63) is 194 Å². The van der Waals surface area contributed by atoms with Crippen LogP contribution in [-0.4, -0.2) is 0 Å². The highest BCUT2D eigenvalue weighted by Crippen LogP contribution is 2.47. The fraction of sp³-hybridized carbons (Fsp3) is 0. The van der Waals surface area contributed by atoms with E-state index in [-0.39, 0.29) is 0 Å². The second-order valence-electron chi connectivity index (χ2n) is 15.6. The van der Waals surface area contributed by atoms with Crippen LogP contribution in [0.3, 0.4) is 0 Å². The number of furan rings is 1. The first kappa shape index (κ1) is 30.8. The quantitative estimate of drug-likeness (QED) is 0.166. The molecular formula is C56H32O. The van der Waals surface area contributed by atoms with E-state index in [0.29, 0.717) is 0 Å². The van der Waals surface area contributed by atoms with E-state index in [1.165, 1.54) is 103 Å². The summed E-state index contributed by atoms with van der Waals surface area (Å²) in [4.78, 5) is 0. The Labute approximate surface area is 328 Å². The second-order valence-corrected chi connectivity index (χ2v) is 15.6. The topological polar surface area (TPSA) is 13.1 Å². The summed E-state index contributed by atoms with van der Waals surface area (Å²) in [6.45, 7) is 0.